The number of benzene rings is 2. The van der Waals surface area contributed by atoms with Crippen molar-refractivity contribution in [1.29, 1.82) is 0 Å². The maximum absolute atomic E-state index is 11.8. The molecule has 0 bridgehead atoms. The minimum atomic E-state index is -0.937. The lowest BCUT2D eigenvalue weighted by atomic mass is 9.83. The SMILES string of the molecule is COc1cc(OCc2nc(-c3ccc(C(=O)O)c(C(C)(C)C)c3)sc2C)c2cc(-c3cn4nc(OC)sc4n3)oc2c1. The van der Waals surface area contributed by atoms with Gasteiger partial charge in [-0.05, 0) is 47.4 Å². The van der Waals surface area contributed by atoms with E-state index in [0.29, 0.717) is 44.3 Å². The molecule has 0 spiro atoms. The number of methoxy groups -OCH3 is 2. The second kappa shape index (κ2) is 10.4. The molecule has 0 aliphatic heterocycles. The number of hydrogen-bond donors (Lipinski definition) is 1. The van der Waals surface area contributed by atoms with E-state index in [9.17, 15) is 9.90 Å². The quantitative estimate of drug-likeness (QED) is 0.192. The average molecular weight is 605 g/mol. The van der Waals surface area contributed by atoms with Crippen LogP contribution in [-0.4, -0.2) is 44.9 Å². The van der Waals surface area contributed by atoms with Crippen LogP contribution in [0.25, 0.3) is 38.0 Å². The van der Waals surface area contributed by atoms with Crippen molar-refractivity contribution in [3.63, 3.8) is 0 Å². The number of thiazole rings is 1. The van der Waals surface area contributed by atoms with Crippen LogP contribution in [0.3, 0.4) is 0 Å². The minimum Gasteiger partial charge on any atom is -0.496 e. The predicted molar refractivity (Wildman–Crippen MR) is 161 cm³/mol. The summed E-state index contributed by atoms with van der Waals surface area (Å²) >= 11 is 2.89. The number of imidazole rings is 1. The Morgan fingerprint density at radius 1 is 1.07 bits per heavy atom. The van der Waals surface area contributed by atoms with E-state index in [2.05, 4.69) is 10.1 Å². The molecule has 0 atom stereocenters. The van der Waals surface area contributed by atoms with Crippen LogP contribution in [0.2, 0.25) is 0 Å². The number of aromatic carboxylic acids is 1. The normalized spacial score (nSPS) is 11.9. The molecule has 0 unspecified atom stereocenters. The molecular weight excluding hydrogens is 576 g/mol. The van der Waals surface area contributed by atoms with Crippen LogP contribution >= 0.6 is 22.7 Å². The highest BCUT2D eigenvalue weighted by Gasteiger charge is 2.23. The van der Waals surface area contributed by atoms with Crippen LogP contribution in [0, 0.1) is 6.92 Å². The number of nitrogens with zero attached hydrogens (tertiary/aromatic N) is 4. The molecule has 6 aromatic rings. The van der Waals surface area contributed by atoms with Gasteiger partial charge < -0.3 is 23.7 Å². The van der Waals surface area contributed by atoms with Gasteiger partial charge in [-0.3, -0.25) is 0 Å². The number of aryl methyl sites for hydroxylation is 1. The number of rotatable bonds is 8. The van der Waals surface area contributed by atoms with E-state index >= 15 is 0 Å². The van der Waals surface area contributed by atoms with Crippen LogP contribution in [0.5, 0.6) is 16.7 Å². The largest absolute Gasteiger partial charge is 0.496 e. The van der Waals surface area contributed by atoms with Crippen LogP contribution in [0.1, 0.15) is 47.3 Å². The third-order valence-corrected chi connectivity index (χ3v) is 8.77. The van der Waals surface area contributed by atoms with Gasteiger partial charge in [0.15, 0.2) is 5.76 Å². The Kier molecular flexibility index (Phi) is 6.90. The number of fused-ring (bicyclic) bond motifs is 2. The highest BCUT2D eigenvalue weighted by Crippen LogP contribution is 2.39. The van der Waals surface area contributed by atoms with Crippen LogP contribution < -0.4 is 14.2 Å². The summed E-state index contributed by atoms with van der Waals surface area (Å²) in [5.41, 5.74) is 3.64. The maximum atomic E-state index is 11.8. The number of furan rings is 1. The molecule has 42 heavy (non-hydrogen) atoms. The summed E-state index contributed by atoms with van der Waals surface area (Å²) in [5, 5.41) is 16.1. The van der Waals surface area contributed by atoms with E-state index in [-0.39, 0.29) is 12.0 Å². The van der Waals surface area contributed by atoms with E-state index in [0.717, 1.165) is 32.1 Å². The van der Waals surface area contributed by atoms with Crippen molar-refractivity contribution in [1.82, 2.24) is 19.6 Å². The molecule has 4 aromatic heterocycles. The molecule has 0 radical (unpaired) electrons. The second-order valence-corrected chi connectivity index (χ2v) is 12.8. The first-order chi connectivity index (χ1) is 20.0. The van der Waals surface area contributed by atoms with Gasteiger partial charge in [0.2, 0.25) is 4.96 Å². The Morgan fingerprint density at radius 3 is 2.57 bits per heavy atom. The Morgan fingerprint density at radius 2 is 1.88 bits per heavy atom. The Balaban J connectivity index is 1.30. The summed E-state index contributed by atoms with van der Waals surface area (Å²) in [4.78, 5) is 23.0. The van der Waals surface area contributed by atoms with Gasteiger partial charge in [0.05, 0.1) is 37.1 Å². The Bertz CT molecular complexity index is 1930. The maximum Gasteiger partial charge on any atom is 0.335 e. The zero-order valence-corrected chi connectivity index (χ0v) is 25.5. The van der Waals surface area contributed by atoms with Crippen molar-refractivity contribution in [2.24, 2.45) is 0 Å². The van der Waals surface area contributed by atoms with Gasteiger partial charge in [-0.2, -0.15) is 0 Å². The number of aromatic nitrogens is 4. The van der Waals surface area contributed by atoms with Crippen LogP contribution in [0.15, 0.2) is 47.0 Å². The van der Waals surface area contributed by atoms with Crippen molar-refractivity contribution < 1.29 is 28.5 Å². The zero-order chi connectivity index (χ0) is 29.8. The van der Waals surface area contributed by atoms with Gasteiger partial charge in [0.1, 0.15) is 34.4 Å². The van der Waals surface area contributed by atoms with E-state index in [4.69, 9.17) is 23.6 Å². The fourth-order valence-electron chi connectivity index (χ4n) is 4.65. The van der Waals surface area contributed by atoms with Gasteiger partial charge >= 0.3 is 5.97 Å². The third-order valence-electron chi connectivity index (χ3n) is 6.82. The molecule has 216 valence electrons. The summed E-state index contributed by atoms with van der Waals surface area (Å²) in [6.45, 7) is 8.25. The standard InChI is InChI=1S/C30H28N4O6S2/c1-15-22(31-26(41-15)16-7-8-18(27(35)36)20(9-16)30(2,3)4)14-39-23-10-17(37-5)11-24-19(23)12-25(40-24)21-13-34-28(32-21)42-29(33-34)38-6/h7-13H,14H2,1-6H3,(H,35,36). The molecule has 0 amide bonds. The monoisotopic (exact) mass is 604 g/mol. The van der Waals surface area contributed by atoms with Crippen molar-refractivity contribution in [2.45, 2.75) is 39.7 Å². The fraction of sp³-hybridized carbons (Fsp3) is 0.267. The first-order valence-corrected chi connectivity index (χ1v) is 14.7. The summed E-state index contributed by atoms with van der Waals surface area (Å²) in [6.07, 6.45) is 1.79. The second-order valence-electron chi connectivity index (χ2n) is 10.7. The lowest BCUT2D eigenvalue weighted by Gasteiger charge is -2.22. The zero-order valence-electron chi connectivity index (χ0n) is 23.8. The minimum absolute atomic E-state index is 0.231. The summed E-state index contributed by atoms with van der Waals surface area (Å²) in [5.74, 6) is 0.827. The topological polar surface area (TPSA) is 121 Å². The van der Waals surface area contributed by atoms with Gasteiger partial charge in [-0.15, -0.1) is 16.4 Å². The molecule has 2 aromatic carbocycles. The number of carbonyl (C=O) groups is 1. The first-order valence-electron chi connectivity index (χ1n) is 13.0. The number of ether oxygens (including phenoxy) is 3. The molecule has 4 heterocycles. The molecule has 1 N–H and O–H groups in total. The molecule has 12 heteroatoms. The van der Waals surface area contributed by atoms with Crippen molar-refractivity contribution in [3.05, 3.63) is 64.3 Å². The Hall–Kier alpha value is -4.42. The molecule has 10 nitrogen and oxygen atoms in total. The molecule has 0 fully saturated rings. The molecule has 0 aliphatic rings. The highest BCUT2D eigenvalue weighted by atomic mass is 32.1. The molecule has 0 saturated carbocycles. The Labute approximate surface area is 249 Å². The lowest BCUT2D eigenvalue weighted by molar-refractivity contribution is 0.0694. The van der Waals surface area contributed by atoms with Crippen molar-refractivity contribution in [2.75, 3.05) is 14.2 Å². The van der Waals surface area contributed by atoms with E-state index in [1.165, 1.54) is 11.3 Å². The fourth-order valence-corrected chi connectivity index (χ4v) is 6.26. The van der Waals surface area contributed by atoms with Gasteiger partial charge in [-0.25, -0.2) is 19.3 Å². The smallest absolute Gasteiger partial charge is 0.335 e. The van der Waals surface area contributed by atoms with Crippen LogP contribution in [-0.2, 0) is 12.0 Å². The average Bonchev–Trinajstić information content (AvgIpc) is 3.72. The van der Waals surface area contributed by atoms with Crippen molar-refractivity contribution in [3.8, 4) is 38.7 Å². The molecule has 0 saturated heterocycles. The summed E-state index contributed by atoms with van der Waals surface area (Å²) in [7, 11) is 3.16. The van der Waals surface area contributed by atoms with Crippen molar-refractivity contribution >= 4 is 44.6 Å². The number of carboxylic acids is 1. The van der Waals surface area contributed by atoms with E-state index < -0.39 is 5.97 Å². The third kappa shape index (κ3) is 5.07. The first kappa shape index (κ1) is 27.7. The van der Waals surface area contributed by atoms with Gasteiger partial charge in [-0.1, -0.05) is 26.8 Å². The van der Waals surface area contributed by atoms with E-state index in [1.54, 1.807) is 42.3 Å². The van der Waals surface area contributed by atoms with Gasteiger partial charge in [0.25, 0.3) is 5.19 Å². The van der Waals surface area contributed by atoms with Gasteiger partial charge in [0, 0.05) is 22.6 Å². The number of carboxylic acid groups (broad SMARTS) is 1. The highest BCUT2D eigenvalue weighted by molar-refractivity contribution is 7.18. The predicted octanol–water partition coefficient (Wildman–Crippen LogP) is 7.23. The number of hydrogen-bond acceptors (Lipinski definition) is 10. The molecule has 6 rings (SSSR count). The van der Waals surface area contributed by atoms with E-state index in [1.807, 2.05) is 58.0 Å². The molecule has 0 aliphatic carbocycles. The lowest BCUT2D eigenvalue weighted by Crippen LogP contribution is -2.17. The van der Waals surface area contributed by atoms with Crippen LogP contribution in [0.4, 0.5) is 0 Å². The molecular formula is C30H28N4O6S2. The summed E-state index contributed by atoms with van der Waals surface area (Å²) < 4.78 is 24.8. The summed E-state index contributed by atoms with van der Waals surface area (Å²) in [6, 6.07) is 10.9.